The lowest BCUT2D eigenvalue weighted by Crippen LogP contribution is -2.36. The van der Waals surface area contributed by atoms with E-state index in [-0.39, 0.29) is 29.3 Å². The van der Waals surface area contributed by atoms with Crippen molar-refractivity contribution in [2.75, 3.05) is 25.1 Å². The van der Waals surface area contributed by atoms with Gasteiger partial charge in [0, 0.05) is 6.61 Å². The molecule has 168 valence electrons. The van der Waals surface area contributed by atoms with E-state index in [0.717, 1.165) is 29.5 Å². The van der Waals surface area contributed by atoms with Crippen molar-refractivity contribution >= 4 is 52.1 Å². The molecule has 0 saturated carbocycles. The van der Waals surface area contributed by atoms with Crippen LogP contribution in [-0.4, -0.2) is 63.2 Å². The number of imide groups is 1. The van der Waals surface area contributed by atoms with Gasteiger partial charge in [0.25, 0.3) is 17.7 Å². The number of hydrogen-bond acceptors (Lipinski definition) is 9. The summed E-state index contributed by atoms with van der Waals surface area (Å²) in [5.74, 6) is -2.20. The maximum atomic E-state index is 12.7. The number of anilines is 1. The summed E-state index contributed by atoms with van der Waals surface area (Å²) in [6.07, 6.45) is 1.52. The molecule has 1 fully saturated rings. The first-order valence-corrected chi connectivity index (χ1v) is 11.0. The molecule has 0 aliphatic carbocycles. The number of carbonyl (C=O) groups excluding carboxylic acids is 4. The van der Waals surface area contributed by atoms with Gasteiger partial charge in [-0.25, -0.2) is 4.79 Å². The molecule has 1 aromatic heterocycles. The summed E-state index contributed by atoms with van der Waals surface area (Å²) in [4.78, 5) is 51.2. The van der Waals surface area contributed by atoms with Gasteiger partial charge in [-0.1, -0.05) is 6.07 Å². The number of nitrogens with one attached hydrogen (secondary N) is 1. The van der Waals surface area contributed by atoms with Crippen LogP contribution < -0.4 is 5.32 Å². The Bertz CT molecular complexity index is 1280. The van der Waals surface area contributed by atoms with Gasteiger partial charge in [0.05, 0.1) is 46.8 Å². The molecule has 1 atom stereocenters. The van der Waals surface area contributed by atoms with Crippen LogP contribution in [0.4, 0.5) is 5.69 Å². The highest BCUT2D eigenvalue weighted by molar-refractivity contribution is 7.00. The SMILES string of the molecule is O=C(COC(=O)c1ccc2c(c1)C(=O)N(CC1CCCO1)C2=O)Nc1cccc2nsnc12. The molecule has 3 amide bonds. The second-order valence-electron chi connectivity index (χ2n) is 7.68. The van der Waals surface area contributed by atoms with Gasteiger partial charge in [-0.15, -0.1) is 0 Å². The standard InChI is InChI=1S/C22H18N4O6S/c27-18(23-16-4-1-5-17-19(16)25-33-24-17)11-32-22(30)12-6-7-14-15(9-12)21(29)26(20(14)28)10-13-3-2-8-31-13/h1,4-7,9,13H,2-3,8,10-11H2,(H,23,27). The number of carbonyl (C=O) groups is 4. The molecule has 2 aromatic carbocycles. The molecule has 33 heavy (non-hydrogen) atoms. The lowest BCUT2D eigenvalue weighted by molar-refractivity contribution is -0.119. The Morgan fingerprint density at radius 1 is 1.15 bits per heavy atom. The summed E-state index contributed by atoms with van der Waals surface area (Å²) in [6, 6.07) is 9.34. The van der Waals surface area contributed by atoms with Crippen LogP contribution in [0.25, 0.3) is 11.0 Å². The molecule has 1 saturated heterocycles. The Morgan fingerprint density at radius 3 is 2.82 bits per heavy atom. The highest BCUT2D eigenvalue weighted by atomic mass is 32.1. The predicted molar refractivity (Wildman–Crippen MR) is 117 cm³/mol. The minimum atomic E-state index is -0.778. The van der Waals surface area contributed by atoms with E-state index >= 15 is 0 Å². The van der Waals surface area contributed by atoms with Gasteiger partial charge in [0.1, 0.15) is 11.0 Å². The first-order valence-electron chi connectivity index (χ1n) is 10.3. The minimum Gasteiger partial charge on any atom is -0.452 e. The zero-order chi connectivity index (χ0) is 22.9. The van der Waals surface area contributed by atoms with Crippen molar-refractivity contribution in [3.8, 4) is 0 Å². The average Bonchev–Trinajstić information content (AvgIpc) is 3.56. The predicted octanol–water partition coefficient (Wildman–Crippen LogP) is 2.26. The minimum absolute atomic E-state index is 0.0764. The molecular weight excluding hydrogens is 448 g/mol. The van der Waals surface area contributed by atoms with Crippen LogP contribution in [0.1, 0.15) is 43.9 Å². The van der Waals surface area contributed by atoms with Crippen molar-refractivity contribution in [2.45, 2.75) is 18.9 Å². The topological polar surface area (TPSA) is 128 Å². The van der Waals surface area contributed by atoms with Gasteiger partial charge in [-0.05, 0) is 43.2 Å². The van der Waals surface area contributed by atoms with Gasteiger partial charge < -0.3 is 14.8 Å². The Morgan fingerprint density at radius 2 is 2.00 bits per heavy atom. The largest absolute Gasteiger partial charge is 0.452 e. The lowest BCUT2D eigenvalue weighted by atomic mass is 10.1. The van der Waals surface area contributed by atoms with Crippen LogP contribution in [0.2, 0.25) is 0 Å². The Balaban J connectivity index is 1.23. The maximum absolute atomic E-state index is 12.7. The summed E-state index contributed by atoms with van der Waals surface area (Å²) in [5, 5.41) is 2.64. The molecular formula is C22H18N4O6S. The van der Waals surface area contributed by atoms with Crippen molar-refractivity contribution < 1.29 is 28.7 Å². The highest BCUT2D eigenvalue weighted by Gasteiger charge is 2.38. The molecule has 0 spiro atoms. The van der Waals surface area contributed by atoms with Crippen molar-refractivity contribution in [3.63, 3.8) is 0 Å². The number of hydrogen-bond donors (Lipinski definition) is 1. The molecule has 3 heterocycles. The van der Waals surface area contributed by atoms with E-state index in [1.165, 1.54) is 18.2 Å². The van der Waals surface area contributed by atoms with Crippen molar-refractivity contribution in [3.05, 3.63) is 53.1 Å². The van der Waals surface area contributed by atoms with E-state index in [9.17, 15) is 19.2 Å². The third-order valence-electron chi connectivity index (χ3n) is 5.51. The smallest absolute Gasteiger partial charge is 0.338 e. The van der Waals surface area contributed by atoms with Gasteiger partial charge in [0.2, 0.25) is 0 Å². The number of esters is 1. The number of amides is 3. The quantitative estimate of drug-likeness (QED) is 0.433. The second kappa shape index (κ2) is 8.68. The fraction of sp³-hybridized carbons (Fsp3) is 0.273. The summed E-state index contributed by atoms with van der Waals surface area (Å²) in [5.41, 5.74) is 2.12. The molecule has 5 rings (SSSR count). The van der Waals surface area contributed by atoms with Crippen molar-refractivity contribution in [1.29, 1.82) is 0 Å². The van der Waals surface area contributed by atoms with Crippen molar-refractivity contribution in [2.24, 2.45) is 0 Å². The average molecular weight is 466 g/mol. The number of ether oxygens (including phenoxy) is 2. The molecule has 1 unspecified atom stereocenters. The summed E-state index contributed by atoms with van der Waals surface area (Å²) in [6.45, 7) is 0.280. The van der Waals surface area contributed by atoms with Crippen LogP contribution in [0.3, 0.4) is 0 Å². The van der Waals surface area contributed by atoms with E-state index in [1.807, 2.05) is 0 Å². The molecule has 11 heteroatoms. The monoisotopic (exact) mass is 466 g/mol. The summed E-state index contributed by atoms with van der Waals surface area (Å²) in [7, 11) is 0. The van der Waals surface area contributed by atoms with E-state index in [4.69, 9.17) is 9.47 Å². The van der Waals surface area contributed by atoms with Gasteiger partial charge >= 0.3 is 5.97 Å². The van der Waals surface area contributed by atoms with Crippen LogP contribution >= 0.6 is 11.7 Å². The zero-order valence-corrected chi connectivity index (χ0v) is 18.1. The third kappa shape index (κ3) is 4.08. The normalized spacial score (nSPS) is 17.5. The van der Waals surface area contributed by atoms with Crippen molar-refractivity contribution in [1.82, 2.24) is 13.6 Å². The molecule has 1 N–H and O–H groups in total. The number of rotatable bonds is 6. The van der Waals surface area contributed by atoms with Crippen LogP contribution in [0.5, 0.6) is 0 Å². The highest BCUT2D eigenvalue weighted by Crippen LogP contribution is 2.26. The fourth-order valence-corrected chi connectivity index (χ4v) is 4.43. The number of benzene rings is 2. The molecule has 3 aromatic rings. The summed E-state index contributed by atoms with van der Waals surface area (Å²) < 4.78 is 18.9. The first-order chi connectivity index (χ1) is 16.0. The van der Waals surface area contributed by atoms with E-state index in [0.29, 0.717) is 23.3 Å². The molecule has 2 aliphatic heterocycles. The number of fused-ring (bicyclic) bond motifs is 2. The van der Waals surface area contributed by atoms with E-state index in [2.05, 4.69) is 14.1 Å². The molecule has 0 bridgehead atoms. The lowest BCUT2D eigenvalue weighted by Gasteiger charge is -2.17. The Kier molecular flexibility index (Phi) is 5.56. The maximum Gasteiger partial charge on any atom is 0.338 e. The molecule has 2 aliphatic rings. The van der Waals surface area contributed by atoms with E-state index in [1.54, 1.807) is 18.2 Å². The van der Waals surface area contributed by atoms with Crippen LogP contribution in [0.15, 0.2) is 36.4 Å². The van der Waals surface area contributed by atoms with Gasteiger partial charge in [0.15, 0.2) is 6.61 Å². The molecule has 10 nitrogen and oxygen atoms in total. The van der Waals surface area contributed by atoms with Crippen LogP contribution in [0, 0.1) is 0 Å². The molecule has 0 radical (unpaired) electrons. The zero-order valence-electron chi connectivity index (χ0n) is 17.3. The van der Waals surface area contributed by atoms with Gasteiger partial charge in [-0.3, -0.25) is 19.3 Å². The fourth-order valence-electron chi connectivity index (χ4n) is 3.88. The number of nitrogens with zero attached hydrogens (tertiary/aromatic N) is 3. The Hall–Kier alpha value is -3.70. The van der Waals surface area contributed by atoms with Crippen LogP contribution in [-0.2, 0) is 14.3 Å². The Labute approximate surface area is 191 Å². The first kappa shape index (κ1) is 21.2. The third-order valence-corrected chi connectivity index (χ3v) is 6.05. The number of aromatic nitrogens is 2. The van der Waals surface area contributed by atoms with Gasteiger partial charge in [-0.2, -0.15) is 8.75 Å². The summed E-state index contributed by atoms with van der Waals surface area (Å²) >= 11 is 1.03. The van der Waals surface area contributed by atoms with E-state index < -0.39 is 30.3 Å². The second-order valence-corrected chi connectivity index (χ2v) is 8.21.